The van der Waals surface area contributed by atoms with E-state index in [1.54, 1.807) is 0 Å². The maximum Gasteiger partial charge on any atom is 1.00 e. The third-order valence-electron chi connectivity index (χ3n) is 1.51. The first-order valence-corrected chi connectivity index (χ1v) is 4.41. The van der Waals surface area contributed by atoms with E-state index in [1.807, 2.05) is 0 Å². The Labute approximate surface area is 140 Å². The first-order chi connectivity index (χ1) is 6.86. The molecule has 0 amide bonds. The topological polar surface area (TPSA) is 80.3 Å². The second-order valence-electron chi connectivity index (χ2n) is 2.39. The molecule has 1 unspecified atom stereocenters. The van der Waals surface area contributed by atoms with Crippen molar-refractivity contribution in [3.63, 3.8) is 0 Å². The fourth-order valence-corrected chi connectivity index (χ4v) is 1.30. The Balaban J connectivity index is 0. The van der Waals surface area contributed by atoms with Gasteiger partial charge in [-0.15, -0.1) is 0 Å². The third kappa shape index (κ3) is 4.32. The quantitative estimate of drug-likeness (QED) is 0.307. The fraction of sp³-hybridized carbons (Fsp3) is 0. The molecule has 82 valence electrons. The second kappa shape index (κ2) is 7.90. The van der Waals surface area contributed by atoms with Crippen molar-refractivity contribution < 1.29 is 90.9 Å². The Morgan fingerprint density at radius 3 is 1.94 bits per heavy atom. The fourth-order valence-electron chi connectivity index (χ4n) is 0.850. The van der Waals surface area contributed by atoms with Gasteiger partial charge in [-0.1, -0.05) is 0 Å². The van der Waals surface area contributed by atoms with E-state index in [9.17, 15) is 31.8 Å². The van der Waals surface area contributed by atoms with Gasteiger partial charge in [-0.25, -0.2) is 13.2 Å². The molecule has 1 atom stereocenters. The number of halogens is 3. The van der Waals surface area contributed by atoms with Crippen LogP contribution in [0.15, 0.2) is 11.0 Å². The van der Waals surface area contributed by atoms with Crippen LogP contribution in [-0.2, 0) is 11.1 Å². The van der Waals surface area contributed by atoms with Crippen LogP contribution in [0.25, 0.3) is 0 Å². The Morgan fingerprint density at radius 2 is 1.59 bits per heavy atom. The van der Waals surface area contributed by atoms with Crippen LogP contribution >= 0.6 is 0 Å². The van der Waals surface area contributed by atoms with E-state index in [1.165, 1.54) is 0 Å². The number of hydrogen-bond acceptors (Lipinski definition) is 4. The molecule has 0 aromatic heterocycles. The summed E-state index contributed by atoms with van der Waals surface area (Å²) in [6.07, 6.45) is 0. The van der Waals surface area contributed by atoms with Crippen molar-refractivity contribution in [2.75, 3.05) is 0 Å². The number of carbonyl (C=O) groups is 1. The number of carboxylic acid groups (broad SMARTS) is 1. The summed E-state index contributed by atoms with van der Waals surface area (Å²) in [5, 5.41) is 10.2. The summed E-state index contributed by atoms with van der Waals surface area (Å²) >= 11 is -3.21. The van der Waals surface area contributed by atoms with Crippen molar-refractivity contribution in [2.24, 2.45) is 0 Å². The van der Waals surface area contributed by atoms with Crippen LogP contribution in [0.2, 0.25) is 0 Å². The zero-order valence-corrected chi connectivity index (χ0v) is 13.6. The van der Waals surface area contributed by atoms with Crippen LogP contribution in [0.3, 0.4) is 0 Å². The summed E-state index contributed by atoms with van der Waals surface area (Å²) in [6.45, 7) is 0. The van der Waals surface area contributed by atoms with E-state index in [2.05, 4.69) is 0 Å². The molecule has 0 aliphatic heterocycles. The average molecular weight is 284 g/mol. The van der Waals surface area contributed by atoms with E-state index in [0.29, 0.717) is 0 Å². The number of benzene rings is 1. The van der Waals surface area contributed by atoms with Crippen LogP contribution in [0.4, 0.5) is 13.2 Å². The minimum absolute atomic E-state index is 0. The SMILES string of the molecule is O=C([O-])c1cc(S(=O)[O-])c(F)c(F)c1F.[Na+].[Na+]. The third-order valence-corrected chi connectivity index (χ3v) is 2.17. The molecule has 0 radical (unpaired) electrons. The van der Waals surface area contributed by atoms with E-state index in [0.717, 1.165) is 0 Å². The average Bonchev–Trinajstić information content (AvgIpc) is 2.13. The summed E-state index contributed by atoms with van der Waals surface area (Å²) in [5.41, 5.74) is -1.35. The largest absolute Gasteiger partial charge is 1.00 e. The summed E-state index contributed by atoms with van der Waals surface area (Å²) < 4.78 is 58.7. The standard InChI is InChI=1S/C7H3F3O4S.2Na/c8-4-2(7(11)12)1-3(15(13)14)5(9)6(4)10;;/h1H,(H,11,12)(H,13,14);;/q;2*+1/p-2. The van der Waals surface area contributed by atoms with Gasteiger partial charge >= 0.3 is 59.1 Å². The molecule has 0 aliphatic rings. The first-order valence-electron chi connectivity index (χ1n) is 3.34. The van der Waals surface area contributed by atoms with Gasteiger partial charge in [0.15, 0.2) is 17.5 Å². The number of rotatable bonds is 2. The molecular formula is C7HF3Na2O4S. The number of aromatic carboxylic acids is 1. The predicted octanol–water partition coefficient (Wildman–Crippen LogP) is -6.29. The van der Waals surface area contributed by atoms with Crippen molar-refractivity contribution in [3.05, 3.63) is 29.1 Å². The van der Waals surface area contributed by atoms with Crippen LogP contribution in [0, 0.1) is 17.5 Å². The molecule has 0 saturated carbocycles. The minimum atomic E-state index is -3.21. The Morgan fingerprint density at radius 1 is 1.12 bits per heavy atom. The molecule has 0 spiro atoms. The molecule has 0 N–H and O–H groups in total. The Hall–Kier alpha value is 0.590. The van der Waals surface area contributed by atoms with Crippen molar-refractivity contribution in [1.29, 1.82) is 0 Å². The summed E-state index contributed by atoms with van der Waals surface area (Å²) in [6, 6.07) is 0.145. The van der Waals surface area contributed by atoms with Crippen LogP contribution < -0.4 is 64.2 Å². The number of carbonyl (C=O) groups excluding carboxylic acids is 1. The van der Waals surface area contributed by atoms with Gasteiger partial charge in [0.1, 0.15) is 0 Å². The van der Waals surface area contributed by atoms with E-state index in [4.69, 9.17) is 0 Å². The van der Waals surface area contributed by atoms with Crippen LogP contribution in [0.1, 0.15) is 10.4 Å². The molecule has 1 rings (SSSR count). The van der Waals surface area contributed by atoms with E-state index < -0.39 is 45.0 Å². The van der Waals surface area contributed by atoms with Gasteiger partial charge < -0.3 is 14.5 Å². The molecule has 1 aromatic rings. The number of carboxylic acids is 1. The zero-order valence-electron chi connectivity index (χ0n) is 8.75. The molecule has 1 aromatic carbocycles. The summed E-state index contributed by atoms with van der Waals surface area (Å²) in [5.74, 6) is -8.28. The molecule has 0 fully saturated rings. The van der Waals surface area contributed by atoms with Gasteiger partial charge in [0.25, 0.3) is 0 Å². The second-order valence-corrected chi connectivity index (χ2v) is 3.30. The van der Waals surface area contributed by atoms with Gasteiger partial charge in [0.2, 0.25) is 0 Å². The van der Waals surface area contributed by atoms with Crippen molar-refractivity contribution in [3.8, 4) is 0 Å². The molecule has 0 heterocycles. The van der Waals surface area contributed by atoms with Gasteiger partial charge in [0.05, 0.1) is 10.9 Å². The van der Waals surface area contributed by atoms with Gasteiger partial charge in [-0.2, -0.15) is 0 Å². The molecule has 10 heteroatoms. The van der Waals surface area contributed by atoms with Gasteiger partial charge in [0, 0.05) is 5.56 Å². The zero-order chi connectivity index (χ0) is 11.7. The molecular weight excluding hydrogens is 283 g/mol. The maximum atomic E-state index is 12.7. The molecule has 0 bridgehead atoms. The maximum absolute atomic E-state index is 12.7. The summed E-state index contributed by atoms with van der Waals surface area (Å²) in [7, 11) is 0. The molecule has 0 aliphatic carbocycles. The van der Waals surface area contributed by atoms with Crippen molar-refractivity contribution >= 4 is 17.0 Å². The Bertz CT molecular complexity index is 431. The summed E-state index contributed by atoms with van der Waals surface area (Å²) in [4.78, 5) is 8.95. The van der Waals surface area contributed by atoms with Crippen molar-refractivity contribution in [2.45, 2.75) is 4.90 Å². The van der Waals surface area contributed by atoms with Crippen molar-refractivity contribution in [1.82, 2.24) is 0 Å². The number of hydrogen-bond donors (Lipinski definition) is 0. The van der Waals surface area contributed by atoms with Gasteiger partial charge in [-0.3, -0.25) is 4.21 Å². The first kappa shape index (κ1) is 19.9. The van der Waals surface area contributed by atoms with E-state index in [-0.39, 0.29) is 65.2 Å². The van der Waals surface area contributed by atoms with Crippen LogP contribution in [-0.4, -0.2) is 14.7 Å². The molecule has 0 saturated heterocycles. The molecule has 4 nitrogen and oxygen atoms in total. The Kier molecular flexibility index (Phi) is 9.26. The predicted molar refractivity (Wildman–Crippen MR) is 37.8 cm³/mol. The van der Waals surface area contributed by atoms with Crippen LogP contribution in [0.5, 0.6) is 0 Å². The molecule has 17 heavy (non-hydrogen) atoms. The monoisotopic (exact) mass is 284 g/mol. The normalized spacial score (nSPS) is 11.1. The van der Waals surface area contributed by atoms with Gasteiger partial charge in [-0.05, 0) is 17.1 Å². The van der Waals surface area contributed by atoms with E-state index >= 15 is 0 Å². The minimum Gasteiger partial charge on any atom is -0.768 e. The smallest absolute Gasteiger partial charge is 0.768 e.